The molecule has 0 aliphatic carbocycles. The first kappa shape index (κ1) is 11.4. The molecule has 1 aromatic rings. The second-order valence-electron chi connectivity index (χ2n) is 4.17. The Morgan fingerprint density at radius 3 is 2.69 bits per heavy atom. The summed E-state index contributed by atoms with van der Waals surface area (Å²) in [6.45, 7) is 5.76. The summed E-state index contributed by atoms with van der Waals surface area (Å²) in [7, 11) is 0. The van der Waals surface area contributed by atoms with E-state index in [4.69, 9.17) is 5.11 Å². The van der Waals surface area contributed by atoms with Crippen LogP contribution in [0.25, 0.3) is 0 Å². The van der Waals surface area contributed by atoms with E-state index in [0.717, 1.165) is 26.2 Å². The van der Waals surface area contributed by atoms with Gasteiger partial charge in [0.25, 0.3) is 0 Å². The number of aromatic hydroxyl groups is 1. The van der Waals surface area contributed by atoms with Crippen molar-refractivity contribution in [2.24, 2.45) is 0 Å². The van der Waals surface area contributed by atoms with Crippen molar-refractivity contribution in [2.75, 3.05) is 26.2 Å². The molecule has 88 valence electrons. The molecular formula is C12H17FN2O. The molecule has 1 heterocycles. The van der Waals surface area contributed by atoms with E-state index in [1.807, 2.05) is 6.92 Å². The molecule has 0 bridgehead atoms. The number of halogens is 1. The molecule has 4 heteroatoms. The summed E-state index contributed by atoms with van der Waals surface area (Å²) in [4.78, 5) is 2.24. The van der Waals surface area contributed by atoms with Crippen molar-refractivity contribution in [3.05, 3.63) is 29.6 Å². The van der Waals surface area contributed by atoms with Crippen molar-refractivity contribution in [1.82, 2.24) is 10.2 Å². The molecule has 1 aliphatic rings. The van der Waals surface area contributed by atoms with Gasteiger partial charge in [0.15, 0.2) is 0 Å². The summed E-state index contributed by atoms with van der Waals surface area (Å²) in [5, 5.41) is 12.4. The largest absolute Gasteiger partial charge is 0.508 e. The molecule has 16 heavy (non-hydrogen) atoms. The summed E-state index contributed by atoms with van der Waals surface area (Å²) in [5.41, 5.74) is 0.653. The number of hydrogen-bond donors (Lipinski definition) is 2. The lowest BCUT2D eigenvalue weighted by Crippen LogP contribution is -2.44. The van der Waals surface area contributed by atoms with Crippen LogP contribution in [0.4, 0.5) is 4.39 Å². The standard InChI is InChI=1S/C12H17FN2O/c1-9(15-6-4-14-5-7-15)11-3-2-10(16)8-12(11)13/h2-3,8-9,14,16H,4-7H2,1H3/t9-/m0/s1. The molecule has 1 atom stereocenters. The van der Waals surface area contributed by atoms with Crippen molar-refractivity contribution < 1.29 is 9.50 Å². The number of hydrogen-bond acceptors (Lipinski definition) is 3. The summed E-state index contributed by atoms with van der Waals surface area (Å²) in [5.74, 6) is -0.347. The molecule has 0 unspecified atom stereocenters. The van der Waals surface area contributed by atoms with E-state index < -0.39 is 0 Å². The van der Waals surface area contributed by atoms with Crippen LogP contribution in [0.3, 0.4) is 0 Å². The zero-order valence-corrected chi connectivity index (χ0v) is 9.41. The van der Waals surface area contributed by atoms with Crippen LogP contribution in [0.15, 0.2) is 18.2 Å². The lowest BCUT2D eigenvalue weighted by Gasteiger charge is -2.33. The number of rotatable bonds is 2. The Kier molecular flexibility index (Phi) is 3.41. The normalized spacial score (nSPS) is 19.6. The fourth-order valence-corrected chi connectivity index (χ4v) is 2.12. The maximum atomic E-state index is 13.7. The molecule has 0 aromatic heterocycles. The van der Waals surface area contributed by atoms with E-state index in [0.29, 0.717) is 5.56 Å². The van der Waals surface area contributed by atoms with E-state index in [1.54, 1.807) is 6.07 Å². The van der Waals surface area contributed by atoms with E-state index in [1.165, 1.54) is 12.1 Å². The molecule has 2 rings (SSSR count). The molecule has 0 saturated carbocycles. The number of benzene rings is 1. The maximum absolute atomic E-state index is 13.7. The van der Waals surface area contributed by atoms with Crippen LogP contribution in [0.5, 0.6) is 5.75 Å². The first-order chi connectivity index (χ1) is 7.68. The smallest absolute Gasteiger partial charge is 0.131 e. The van der Waals surface area contributed by atoms with Gasteiger partial charge in [-0.05, 0) is 13.0 Å². The minimum atomic E-state index is -0.328. The van der Waals surface area contributed by atoms with Crippen LogP contribution in [0, 0.1) is 5.82 Å². The van der Waals surface area contributed by atoms with Crippen LogP contribution < -0.4 is 5.32 Å². The number of piperazine rings is 1. The minimum Gasteiger partial charge on any atom is -0.508 e. The Bertz CT molecular complexity index is 364. The Labute approximate surface area is 94.9 Å². The van der Waals surface area contributed by atoms with Gasteiger partial charge in [0.05, 0.1) is 0 Å². The van der Waals surface area contributed by atoms with Gasteiger partial charge in [0.2, 0.25) is 0 Å². The molecule has 1 fully saturated rings. The Balaban J connectivity index is 2.15. The zero-order valence-electron chi connectivity index (χ0n) is 9.41. The fourth-order valence-electron chi connectivity index (χ4n) is 2.12. The van der Waals surface area contributed by atoms with E-state index in [9.17, 15) is 4.39 Å². The monoisotopic (exact) mass is 224 g/mol. The highest BCUT2D eigenvalue weighted by Gasteiger charge is 2.20. The first-order valence-electron chi connectivity index (χ1n) is 5.61. The van der Waals surface area contributed by atoms with Crippen LogP contribution in [-0.2, 0) is 0 Å². The predicted molar refractivity (Wildman–Crippen MR) is 60.9 cm³/mol. The zero-order chi connectivity index (χ0) is 11.5. The van der Waals surface area contributed by atoms with Crippen molar-refractivity contribution >= 4 is 0 Å². The number of phenols is 1. The minimum absolute atomic E-state index is 0.0197. The molecule has 1 saturated heterocycles. The molecule has 1 aliphatic heterocycles. The summed E-state index contributed by atoms with van der Waals surface area (Å²) in [6, 6.07) is 4.44. The highest BCUT2D eigenvalue weighted by Crippen LogP contribution is 2.25. The van der Waals surface area contributed by atoms with Gasteiger partial charge in [0, 0.05) is 43.9 Å². The van der Waals surface area contributed by atoms with Crippen molar-refractivity contribution in [1.29, 1.82) is 0 Å². The molecule has 2 N–H and O–H groups in total. The number of nitrogens with one attached hydrogen (secondary N) is 1. The SMILES string of the molecule is C[C@@H](c1ccc(O)cc1F)N1CCNCC1. The lowest BCUT2D eigenvalue weighted by atomic mass is 10.1. The topological polar surface area (TPSA) is 35.5 Å². The van der Waals surface area contributed by atoms with E-state index in [2.05, 4.69) is 10.2 Å². The van der Waals surface area contributed by atoms with Gasteiger partial charge in [0.1, 0.15) is 11.6 Å². The fraction of sp³-hybridized carbons (Fsp3) is 0.500. The van der Waals surface area contributed by atoms with E-state index in [-0.39, 0.29) is 17.6 Å². The van der Waals surface area contributed by atoms with Crippen molar-refractivity contribution in [3.8, 4) is 5.75 Å². The lowest BCUT2D eigenvalue weighted by molar-refractivity contribution is 0.182. The molecule has 0 spiro atoms. The van der Waals surface area contributed by atoms with Crippen LogP contribution in [0.1, 0.15) is 18.5 Å². The van der Waals surface area contributed by atoms with Crippen LogP contribution in [0.2, 0.25) is 0 Å². The molecular weight excluding hydrogens is 207 g/mol. The van der Waals surface area contributed by atoms with Gasteiger partial charge in [-0.25, -0.2) is 4.39 Å². The summed E-state index contributed by atoms with van der Waals surface area (Å²) in [6.07, 6.45) is 0. The maximum Gasteiger partial charge on any atom is 0.131 e. The van der Waals surface area contributed by atoms with Gasteiger partial charge < -0.3 is 10.4 Å². The summed E-state index contributed by atoms with van der Waals surface area (Å²) >= 11 is 0. The summed E-state index contributed by atoms with van der Waals surface area (Å²) < 4.78 is 13.7. The van der Waals surface area contributed by atoms with Gasteiger partial charge in [-0.15, -0.1) is 0 Å². The Morgan fingerprint density at radius 2 is 2.06 bits per heavy atom. The second-order valence-corrected chi connectivity index (χ2v) is 4.17. The van der Waals surface area contributed by atoms with Crippen molar-refractivity contribution in [3.63, 3.8) is 0 Å². The van der Waals surface area contributed by atoms with Gasteiger partial charge in [-0.1, -0.05) is 6.07 Å². The van der Waals surface area contributed by atoms with Crippen molar-refractivity contribution in [2.45, 2.75) is 13.0 Å². The third-order valence-corrected chi connectivity index (χ3v) is 3.13. The number of phenolic OH excluding ortho intramolecular Hbond substituents is 1. The van der Waals surface area contributed by atoms with Gasteiger partial charge >= 0.3 is 0 Å². The highest BCUT2D eigenvalue weighted by atomic mass is 19.1. The quantitative estimate of drug-likeness (QED) is 0.799. The molecule has 0 amide bonds. The van der Waals surface area contributed by atoms with Gasteiger partial charge in [-0.3, -0.25) is 4.90 Å². The van der Waals surface area contributed by atoms with Crippen LogP contribution in [-0.4, -0.2) is 36.2 Å². The highest BCUT2D eigenvalue weighted by molar-refractivity contribution is 5.29. The van der Waals surface area contributed by atoms with Crippen LogP contribution >= 0.6 is 0 Å². The average molecular weight is 224 g/mol. The molecule has 0 radical (unpaired) electrons. The Morgan fingerprint density at radius 1 is 1.38 bits per heavy atom. The first-order valence-corrected chi connectivity index (χ1v) is 5.61. The average Bonchev–Trinajstić information content (AvgIpc) is 2.29. The molecule has 1 aromatic carbocycles. The molecule has 3 nitrogen and oxygen atoms in total. The number of nitrogens with zero attached hydrogens (tertiary/aromatic N) is 1. The third kappa shape index (κ3) is 2.33. The third-order valence-electron chi connectivity index (χ3n) is 3.13. The van der Waals surface area contributed by atoms with E-state index >= 15 is 0 Å². The second kappa shape index (κ2) is 4.80. The predicted octanol–water partition coefficient (Wildman–Crippen LogP) is 1.50. The van der Waals surface area contributed by atoms with Gasteiger partial charge in [-0.2, -0.15) is 0 Å². The Hall–Kier alpha value is -1.13.